The number of rotatable bonds is 2. The zero-order valence-electron chi connectivity index (χ0n) is 10.6. The number of morpholine rings is 1. The molecule has 0 spiro atoms. The maximum atomic E-state index is 11.2. The summed E-state index contributed by atoms with van der Waals surface area (Å²) in [6.45, 7) is 4.10. The highest BCUT2D eigenvalue weighted by Crippen LogP contribution is 2.27. The molecule has 2 fully saturated rings. The van der Waals surface area contributed by atoms with Crippen LogP contribution in [0.4, 0.5) is 0 Å². The summed E-state index contributed by atoms with van der Waals surface area (Å²) in [5, 5.41) is 9.24. The summed E-state index contributed by atoms with van der Waals surface area (Å²) in [5.74, 6) is 0.0614. The van der Waals surface area contributed by atoms with E-state index in [0.717, 1.165) is 25.3 Å². The van der Waals surface area contributed by atoms with Gasteiger partial charge in [-0.25, -0.2) is 0 Å². The summed E-state index contributed by atoms with van der Waals surface area (Å²) in [6.07, 6.45) is 6.04. The van der Waals surface area contributed by atoms with Crippen molar-refractivity contribution in [3.8, 4) is 0 Å². The number of nitrogens with zero attached hydrogens (tertiary/aromatic N) is 1. The van der Waals surface area contributed by atoms with Gasteiger partial charge < -0.3 is 9.84 Å². The maximum absolute atomic E-state index is 11.2. The number of carboxylic acid groups (broad SMARTS) is 1. The van der Waals surface area contributed by atoms with Crippen LogP contribution in [0.15, 0.2) is 0 Å². The molecule has 1 saturated heterocycles. The molecule has 2 rings (SSSR count). The number of carbonyl (C=O) groups is 1. The SMILES string of the molecule is CC1CCCC(N2CCOCC2C(=O)O)CC1. The molecule has 1 aliphatic heterocycles. The van der Waals surface area contributed by atoms with Crippen LogP contribution in [0.25, 0.3) is 0 Å². The molecule has 17 heavy (non-hydrogen) atoms. The Bertz CT molecular complexity index is 269. The van der Waals surface area contributed by atoms with Crippen molar-refractivity contribution in [1.29, 1.82) is 0 Å². The molecule has 0 aromatic carbocycles. The number of aliphatic carboxylic acids is 1. The second-order valence-corrected chi connectivity index (χ2v) is 5.43. The quantitative estimate of drug-likeness (QED) is 0.748. The molecule has 3 atom stereocenters. The van der Waals surface area contributed by atoms with Crippen molar-refractivity contribution in [3.63, 3.8) is 0 Å². The van der Waals surface area contributed by atoms with Gasteiger partial charge in [0, 0.05) is 12.6 Å². The molecule has 98 valence electrons. The molecule has 0 amide bonds. The fourth-order valence-electron chi connectivity index (χ4n) is 3.07. The Kier molecular flexibility index (Phi) is 4.40. The van der Waals surface area contributed by atoms with Crippen molar-refractivity contribution >= 4 is 5.97 Å². The Labute approximate surface area is 103 Å². The highest BCUT2D eigenvalue weighted by atomic mass is 16.5. The van der Waals surface area contributed by atoms with Crippen LogP contribution in [0.1, 0.15) is 39.0 Å². The lowest BCUT2D eigenvalue weighted by molar-refractivity contribution is -0.151. The first-order valence-electron chi connectivity index (χ1n) is 6.74. The molecule has 4 heteroatoms. The highest BCUT2D eigenvalue weighted by molar-refractivity contribution is 5.73. The highest BCUT2D eigenvalue weighted by Gasteiger charge is 2.34. The van der Waals surface area contributed by atoms with Crippen LogP contribution >= 0.6 is 0 Å². The number of ether oxygens (including phenoxy) is 1. The molecule has 1 N–H and O–H groups in total. The van der Waals surface area contributed by atoms with E-state index in [1.165, 1.54) is 19.3 Å². The first kappa shape index (κ1) is 12.8. The lowest BCUT2D eigenvalue weighted by Gasteiger charge is -2.38. The van der Waals surface area contributed by atoms with E-state index in [1.54, 1.807) is 0 Å². The molecular weight excluding hydrogens is 218 g/mol. The van der Waals surface area contributed by atoms with E-state index in [0.29, 0.717) is 19.3 Å². The molecule has 0 radical (unpaired) electrons. The van der Waals surface area contributed by atoms with Gasteiger partial charge in [0.05, 0.1) is 13.2 Å². The molecular formula is C13H23NO3. The van der Waals surface area contributed by atoms with Crippen molar-refractivity contribution in [2.75, 3.05) is 19.8 Å². The summed E-state index contributed by atoms with van der Waals surface area (Å²) in [6, 6.07) is 0.0205. The summed E-state index contributed by atoms with van der Waals surface area (Å²) >= 11 is 0. The van der Waals surface area contributed by atoms with Crippen molar-refractivity contribution in [2.24, 2.45) is 5.92 Å². The number of carboxylic acids is 1. The Hall–Kier alpha value is -0.610. The number of hydrogen-bond acceptors (Lipinski definition) is 3. The van der Waals surface area contributed by atoms with Gasteiger partial charge in [-0.1, -0.05) is 19.8 Å². The average molecular weight is 241 g/mol. The van der Waals surface area contributed by atoms with Crippen molar-refractivity contribution in [3.05, 3.63) is 0 Å². The molecule has 3 unspecified atom stereocenters. The van der Waals surface area contributed by atoms with Gasteiger partial charge in [-0.05, 0) is 25.2 Å². The molecule has 1 saturated carbocycles. The van der Waals surface area contributed by atoms with Gasteiger partial charge in [0.2, 0.25) is 0 Å². The van der Waals surface area contributed by atoms with E-state index >= 15 is 0 Å². The Morgan fingerprint density at radius 2 is 2.12 bits per heavy atom. The van der Waals surface area contributed by atoms with Crippen LogP contribution in [0.3, 0.4) is 0 Å². The van der Waals surface area contributed by atoms with Crippen molar-refractivity contribution < 1.29 is 14.6 Å². The molecule has 4 nitrogen and oxygen atoms in total. The third kappa shape index (κ3) is 3.19. The van der Waals surface area contributed by atoms with Crippen LogP contribution in [0.2, 0.25) is 0 Å². The van der Waals surface area contributed by atoms with Crippen molar-refractivity contribution in [2.45, 2.75) is 51.1 Å². The monoisotopic (exact) mass is 241 g/mol. The number of hydrogen-bond donors (Lipinski definition) is 1. The van der Waals surface area contributed by atoms with Gasteiger partial charge in [0.25, 0.3) is 0 Å². The summed E-state index contributed by atoms with van der Waals surface area (Å²) in [4.78, 5) is 13.4. The van der Waals surface area contributed by atoms with E-state index in [9.17, 15) is 9.90 Å². The molecule has 2 aliphatic rings. The minimum absolute atomic E-state index is 0.349. The van der Waals surface area contributed by atoms with Crippen LogP contribution < -0.4 is 0 Å². The summed E-state index contributed by atoms with van der Waals surface area (Å²) in [5.41, 5.74) is 0. The topological polar surface area (TPSA) is 49.8 Å². The van der Waals surface area contributed by atoms with Crippen LogP contribution in [0.5, 0.6) is 0 Å². The van der Waals surface area contributed by atoms with Gasteiger partial charge in [-0.2, -0.15) is 0 Å². The normalized spacial score (nSPS) is 36.4. The Morgan fingerprint density at radius 1 is 1.29 bits per heavy atom. The Morgan fingerprint density at radius 3 is 2.88 bits per heavy atom. The minimum atomic E-state index is -0.734. The Balaban J connectivity index is 2.00. The van der Waals surface area contributed by atoms with E-state index in [1.807, 2.05) is 0 Å². The third-order valence-corrected chi connectivity index (χ3v) is 4.15. The van der Waals surface area contributed by atoms with Crippen LogP contribution in [-0.2, 0) is 9.53 Å². The standard InChI is InChI=1S/C13H23NO3/c1-10-3-2-4-11(6-5-10)14-7-8-17-9-12(14)13(15)16/h10-12H,2-9H2,1H3,(H,15,16). The zero-order valence-corrected chi connectivity index (χ0v) is 10.6. The molecule has 0 aromatic rings. The van der Waals surface area contributed by atoms with Gasteiger partial charge in [-0.15, -0.1) is 0 Å². The smallest absolute Gasteiger partial charge is 0.323 e. The summed E-state index contributed by atoms with van der Waals surface area (Å²) in [7, 11) is 0. The molecule has 0 bridgehead atoms. The molecule has 0 aromatic heterocycles. The van der Waals surface area contributed by atoms with E-state index in [2.05, 4.69) is 11.8 Å². The molecule has 1 heterocycles. The first-order valence-corrected chi connectivity index (χ1v) is 6.74. The van der Waals surface area contributed by atoms with Gasteiger partial charge >= 0.3 is 5.97 Å². The van der Waals surface area contributed by atoms with Crippen LogP contribution in [-0.4, -0.2) is 47.8 Å². The molecule has 1 aliphatic carbocycles. The maximum Gasteiger partial charge on any atom is 0.323 e. The average Bonchev–Trinajstić information content (AvgIpc) is 2.54. The van der Waals surface area contributed by atoms with E-state index < -0.39 is 12.0 Å². The van der Waals surface area contributed by atoms with E-state index in [4.69, 9.17) is 4.74 Å². The second-order valence-electron chi connectivity index (χ2n) is 5.43. The van der Waals surface area contributed by atoms with Crippen LogP contribution in [0, 0.1) is 5.92 Å². The summed E-state index contributed by atoms with van der Waals surface area (Å²) < 4.78 is 5.29. The van der Waals surface area contributed by atoms with Crippen molar-refractivity contribution in [1.82, 2.24) is 4.90 Å². The van der Waals surface area contributed by atoms with E-state index in [-0.39, 0.29) is 0 Å². The lowest BCUT2D eigenvalue weighted by atomic mass is 10.0. The predicted octanol–water partition coefficient (Wildman–Crippen LogP) is 1.74. The van der Waals surface area contributed by atoms with Gasteiger partial charge in [0.15, 0.2) is 0 Å². The zero-order chi connectivity index (χ0) is 12.3. The first-order chi connectivity index (χ1) is 8.18. The largest absolute Gasteiger partial charge is 0.480 e. The lowest BCUT2D eigenvalue weighted by Crippen LogP contribution is -2.54. The minimum Gasteiger partial charge on any atom is -0.480 e. The van der Waals surface area contributed by atoms with Gasteiger partial charge in [0.1, 0.15) is 6.04 Å². The third-order valence-electron chi connectivity index (χ3n) is 4.15. The van der Waals surface area contributed by atoms with Gasteiger partial charge in [-0.3, -0.25) is 9.69 Å². The predicted molar refractivity (Wildman–Crippen MR) is 65.0 cm³/mol. The fourth-order valence-corrected chi connectivity index (χ4v) is 3.07. The second kappa shape index (κ2) is 5.83. The fraction of sp³-hybridized carbons (Fsp3) is 0.923.